The molecule has 2 aromatic rings. The van der Waals surface area contributed by atoms with Crippen molar-refractivity contribution in [2.75, 3.05) is 13.6 Å². The fraction of sp³-hybridized carbons (Fsp3) is 0.455. The summed E-state index contributed by atoms with van der Waals surface area (Å²) in [5.74, 6) is 0. The Morgan fingerprint density at radius 3 is 3.00 bits per heavy atom. The summed E-state index contributed by atoms with van der Waals surface area (Å²) >= 11 is 0. The SMILES string of the molecule is CNCc1cc(S(=O)(=O)NCCCn2ccnn2)c[nH]1. The third-order valence-electron chi connectivity index (χ3n) is 2.72. The number of aromatic amines is 1. The molecule has 2 rings (SSSR count). The zero-order chi connectivity index (χ0) is 14.4. The van der Waals surface area contributed by atoms with E-state index >= 15 is 0 Å². The number of aromatic nitrogens is 4. The first-order valence-electron chi connectivity index (χ1n) is 6.27. The van der Waals surface area contributed by atoms with Gasteiger partial charge in [0, 0.05) is 37.7 Å². The summed E-state index contributed by atoms with van der Waals surface area (Å²) in [4.78, 5) is 3.17. The van der Waals surface area contributed by atoms with Crippen LogP contribution in [0.4, 0.5) is 0 Å². The Balaban J connectivity index is 1.83. The monoisotopic (exact) mass is 298 g/mol. The van der Waals surface area contributed by atoms with Gasteiger partial charge in [0.25, 0.3) is 0 Å². The maximum atomic E-state index is 12.0. The molecule has 2 aromatic heterocycles. The van der Waals surface area contributed by atoms with E-state index in [1.807, 2.05) is 0 Å². The molecule has 0 bridgehead atoms. The molecule has 3 N–H and O–H groups in total. The summed E-state index contributed by atoms with van der Waals surface area (Å²) in [6.07, 6.45) is 5.47. The highest BCUT2D eigenvalue weighted by molar-refractivity contribution is 7.89. The molecule has 2 heterocycles. The van der Waals surface area contributed by atoms with Gasteiger partial charge in [-0.15, -0.1) is 5.10 Å². The van der Waals surface area contributed by atoms with E-state index in [4.69, 9.17) is 0 Å². The summed E-state index contributed by atoms with van der Waals surface area (Å²) in [5, 5.41) is 10.4. The van der Waals surface area contributed by atoms with Crippen molar-refractivity contribution in [2.45, 2.75) is 24.4 Å². The Morgan fingerprint density at radius 1 is 1.45 bits per heavy atom. The maximum Gasteiger partial charge on any atom is 0.242 e. The molecule has 9 heteroatoms. The second kappa shape index (κ2) is 6.64. The lowest BCUT2D eigenvalue weighted by Crippen LogP contribution is -2.25. The number of hydrogen-bond acceptors (Lipinski definition) is 5. The minimum absolute atomic E-state index is 0.253. The van der Waals surface area contributed by atoms with Gasteiger partial charge >= 0.3 is 0 Å². The molecule has 0 radical (unpaired) electrons. The molecule has 0 aliphatic heterocycles. The largest absolute Gasteiger partial charge is 0.363 e. The molecule has 8 nitrogen and oxygen atoms in total. The second-order valence-electron chi connectivity index (χ2n) is 4.31. The molecule has 0 unspecified atom stereocenters. The van der Waals surface area contributed by atoms with Gasteiger partial charge in [-0.05, 0) is 19.5 Å². The van der Waals surface area contributed by atoms with Gasteiger partial charge in [0.05, 0.1) is 11.1 Å². The number of aryl methyl sites for hydroxylation is 1. The molecule has 110 valence electrons. The fourth-order valence-corrected chi connectivity index (χ4v) is 2.84. The Labute approximate surface area is 117 Å². The number of nitrogens with one attached hydrogen (secondary N) is 3. The smallest absolute Gasteiger partial charge is 0.242 e. The van der Waals surface area contributed by atoms with Gasteiger partial charge in [-0.1, -0.05) is 5.21 Å². The second-order valence-corrected chi connectivity index (χ2v) is 6.08. The van der Waals surface area contributed by atoms with Gasteiger partial charge in [-0.3, -0.25) is 4.68 Å². The van der Waals surface area contributed by atoms with Crippen LogP contribution in [0.2, 0.25) is 0 Å². The number of hydrogen-bond donors (Lipinski definition) is 3. The molecular formula is C11H18N6O2S. The zero-order valence-electron chi connectivity index (χ0n) is 11.2. The van der Waals surface area contributed by atoms with E-state index in [9.17, 15) is 8.42 Å². The fourth-order valence-electron chi connectivity index (χ4n) is 1.75. The number of nitrogens with zero attached hydrogens (tertiary/aromatic N) is 3. The maximum absolute atomic E-state index is 12.0. The van der Waals surface area contributed by atoms with Crippen LogP contribution in [0.1, 0.15) is 12.1 Å². The predicted octanol–water partition coefficient (Wildman–Crippen LogP) is -0.306. The van der Waals surface area contributed by atoms with Crippen LogP contribution in [-0.2, 0) is 23.1 Å². The van der Waals surface area contributed by atoms with Crippen molar-refractivity contribution in [1.29, 1.82) is 0 Å². The van der Waals surface area contributed by atoms with Crippen molar-refractivity contribution in [3.63, 3.8) is 0 Å². The molecule has 0 fully saturated rings. The molecular weight excluding hydrogens is 280 g/mol. The van der Waals surface area contributed by atoms with E-state index in [0.717, 1.165) is 5.69 Å². The number of rotatable bonds is 8. The van der Waals surface area contributed by atoms with E-state index in [0.29, 0.717) is 26.1 Å². The Morgan fingerprint density at radius 2 is 2.30 bits per heavy atom. The highest BCUT2D eigenvalue weighted by Crippen LogP contribution is 2.10. The summed E-state index contributed by atoms with van der Waals surface area (Å²) in [6, 6.07) is 1.62. The highest BCUT2D eigenvalue weighted by atomic mass is 32.2. The lowest BCUT2D eigenvalue weighted by Gasteiger charge is -2.04. The van der Waals surface area contributed by atoms with Crippen molar-refractivity contribution in [3.05, 3.63) is 30.4 Å². The van der Waals surface area contributed by atoms with Crippen LogP contribution < -0.4 is 10.0 Å². The van der Waals surface area contributed by atoms with Crippen molar-refractivity contribution in [2.24, 2.45) is 0 Å². The predicted molar refractivity (Wildman–Crippen MR) is 73.4 cm³/mol. The van der Waals surface area contributed by atoms with E-state index in [-0.39, 0.29) is 4.90 Å². The molecule has 0 aliphatic carbocycles. The molecule has 0 spiro atoms. The molecule has 0 saturated heterocycles. The topological polar surface area (TPSA) is 105 Å². The first kappa shape index (κ1) is 14.7. The van der Waals surface area contributed by atoms with Gasteiger partial charge in [0.2, 0.25) is 10.0 Å². The van der Waals surface area contributed by atoms with Gasteiger partial charge in [0.15, 0.2) is 0 Å². The standard InChI is InChI=1S/C11H18N6O2S/c1-12-8-10-7-11(9-13-10)20(18,19)15-3-2-5-17-6-4-14-16-17/h4,6-7,9,12-13,15H,2-3,5,8H2,1H3. The third-order valence-corrected chi connectivity index (χ3v) is 4.16. The molecule has 0 amide bonds. The van der Waals surface area contributed by atoms with Gasteiger partial charge < -0.3 is 10.3 Å². The molecule has 0 saturated carbocycles. The first-order chi connectivity index (χ1) is 9.62. The lowest BCUT2D eigenvalue weighted by atomic mass is 10.4. The van der Waals surface area contributed by atoms with Crippen molar-refractivity contribution < 1.29 is 8.42 Å². The third kappa shape index (κ3) is 3.89. The van der Waals surface area contributed by atoms with Gasteiger partial charge in [0.1, 0.15) is 0 Å². The summed E-state index contributed by atoms with van der Waals surface area (Å²) in [6.45, 7) is 1.58. The molecule has 0 aliphatic rings. The molecule has 20 heavy (non-hydrogen) atoms. The van der Waals surface area contributed by atoms with Crippen LogP contribution in [0.15, 0.2) is 29.6 Å². The average molecular weight is 298 g/mol. The quantitative estimate of drug-likeness (QED) is 0.580. The van der Waals surface area contributed by atoms with Crippen LogP contribution in [0.3, 0.4) is 0 Å². The van der Waals surface area contributed by atoms with Crippen molar-refractivity contribution >= 4 is 10.0 Å². The molecule has 0 atom stereocenters. The Kier molecular flexibility index (Phi) is 4.88. The van der Waals surface area contributed by atoms with Crippen LogP contribution in [0, 0.1) is 0 Å². The lowest BCUT2D eigenvalue weighted by molar-refractivity contribution is 0.542. The van der Waals surface area contributed by atoms with Gasteiger partial charge in [-0.25, -0.2) is 13.1 Å². The molecule has 0 aromatic carbocycles. The van der Waals surface area contributed by atoms with Crippen LogP contribution in [0.25, 0.3) is 0 Å². The Hall–Kier alpha value is -1.71. The average Bonchev–Trinajstić information content (AvgIpc) is 3.06. The van der Waals surface area contributed by atoms with Crippen LogP contribution in [-0.4, -0.2) is 42.0 Å². The number of sulfonamides is 1. The first-order valence-corrected chi connectivity index (χ1v) is 7.76. The van der Waals surface area contributed by atoms with Crippen LogP contribution >= 0.6 is 0 Å². The van der Waals surface area contributed by atoms with Crippen molar-refractivity contribution in [3.8, 4) is 0 Å². The highest BCUT2D eigenvalue weighted by Gasteiger charge is 2.15. The minimum Gasteiger partial charge on any atom is -0.363 e. The normalized spacial score (nSPS) is 11.8. The summed E-state index contributed by atoms with van der Waals surface area (Å²) < 4.78 is 28.3. The van der Waals surface area contributed by atoms with E-state index in [2.05, 4.69) is 25.3 Å². The van der Waals surface area contributed by atoms with E-state index in [1.54, 1.807) is 30.2 Å². The van der Waals surface area contributed by atoms with E-state index in [1.165, 1.54) is 6.20 Å². The van der Waals surface area contributed by atoms with Crippen LogP contribution in [0.5, 0.6) is 0 Å². The summed E-state index contributed by atoms with van der Waals surface area (Å²) in [7, 11) is -1.65. The number of H-pyrrole nitrogens is 1. The minimum atomic E-state index is -3.45. The van der Waals surface area contributed by atoms with Gasteiger partial charge in [-0.2, -0.15) is 0 Å². The van der Waals surface area contributed by atoms with Crippen molar-refractivity contribution in [1.82, 2.24) is 30.0 Å². The van der Waals surface area contributed by atoms with E-state index < -0.39 is 10.0 Å². The summed E-state index contributed by atoms with van der Waals surface area (Å²) in [5.41, 5.74) is 0.829. The Bertz CT molecular complexity index is 619. The zero-order valence-corrected chi connectivity index (χ0v) is 12.0.